The fourth-order valence-electron chi connectivity index (χ4n) is 1.51. The van der Waals surface area contributed by atoms with E-state index in [0.717, 1.165) is 10.9 Å². The predicted molar refractivity (Wildman–Crippen MR) is 62.7 cm³/mol. The highest BCUT2D eigenvalue weighted by atomic mass is 32.1. The molecule has 2 rings (SSSR count). The van der Waals surface area contributed by atoms with Crippen molar-refractivity contribution in [2.24, 2.45) is 0 Å². The van der Waals surface area contributed by atoms with Gasteiger partial charge in [0.2, 0.25) is 0 Å². The van der Waals surface area contributed by atoms with Crippen molar-refractivity contribution < 1.29 is 4.74 Å². The summed E-state index contributed by atoms with van der Waals surface area (Å²) < 4.78 is 5.08. The van der Waals surface area contributed by atoms with E-state index in [0.29, 0.717) is 5.05 Å². The molecule has 0 unspecified atom stereocenters. The Bertz CT molecular complexity index is 471. The van der Waals surface area contributed by atoms with Crippen LogP contribution in [0.15, 0.2) is 42.5 Å². The lowest BCUT2D eigenvalue weighted by Crippen LogP contribution is -1.99. The molecule has 2 aromatic rings. The quantitative estimate of drug-likeness (QED) is 0.657. The van der Waals surface area contributed by atoms with Gasteiger partial charge in [0.25, 0.3) is 0 Å². The van der Waals surface area contributed by atoms with Crippen molar-refractivity contribution in [2.75, 3.05) is 7.11 Å². The van der Waals surface area contributed by atoms with E-state index in [4.69, 9.17) is 17.0 Å². The minimum Gasteiger partial charge on any atom is -0.486 e. The Morgan fingerprint density at radius 1 is 1.07 bits per heavy atom. The lowest BCUT2D eigenvalue weighted by atomic mass is 10.1. The molecule has 0 N–H and O–H groups in total. The van der Waals surface area contributed by atoms with Crippen molar-refractivity contribution in [1.29, 1.82) is 0 Å². The van der Waals surface area contributed by atoms with Crippen LogP contribution in [0.5, 0.6) is 0 Å². The van der Waals surface area contributed by atoms with E-state index in [1.54, 1.807) is 7.11 Å². The average Bonchev–Trinajstić information content (AvgIpc) is 2.27. The first-order valence-corrected chi connectivity index (χ1v) is 4.80. The maximum atomic E-state index is 5.13. The molecule has 0 aliphatic heterocycles. The summed E-state index contributed by atoms with van der Waals surface area (Å²) in [6.45, 7) is 0. The Hall–Kier alpha value is -1.41. The second-order valence-corrected chi connectivity index (χ2v) is 3.39. The molecular formula is C12H10OS. The summed E-state index contributed by atoms with van der Waals surface area (Å²) in [5.41, 5.74) is 0.987. The molecule has 0 amide bonds. The van der Waals surface area contributed by atoms with Gasteiger partial charge in [0, 0.05) is 5.56 Å². The van der Waals surface area contributed by atoms with Gasteiger partial charge in [-0.25, -0.2) is 0 Å². The maximum absolute atomic E-state index is 5.13. The van der Waals surface area contributed by atoms with Gasteiger partial charge >= 0.3 is 0 Å². The Labute approximate surface area is 88.3 Å². The second kappa shape index (κ2) is 3.76. The Balaban J connectivity index is 2.71. The summed E-state index contributed by atoms with van der Waals surface area (Å²) >= 11 is 5.13. The zero-order chi connectivity index (χ0) is 9.97. The predicted octanol–water partition coefficient (Wildman–Crippen LogP) is 3.16. The van der Waals surface area contributed by atoms with Gasteiger partial charge < -0.3 is 4.74 Å². The molecule has 0 saturated heterocycles. The first-order valence-electron chi connectivity index (χ1n) is 4.39. The fraction of sp³-hybridized carbons (Fsp3) is 0.0833. The van der Waals surface area contributed by atoms with Crippen LogP contribution >= 0.6 is 12.2 Å². The molecule has 0 spiro atoms. The number of ether oxygens (including phenoxy) is 1. The highest BCUT2D eigenvalue weighted by Gasteiger charge is 2.04. The van der Waals surface area contributed by atoms with Crippen LogP contribution in [0.3, 0.4) is 0 Å². The van der Waals surface area contributed by atoms with Crippen molar-refractivity contribution in [2.45, 2.75) is 0 Å². The van der Waals surface area contributed by atoms with Gasteiger partial charge in [-0.15, -0.1) is 0 Å². The average molecular weight is 202 g/mol. The molecule has 0 saturated carbocycles. The number of fused-ring (bicyclic) bond motifs is 1. The molecule has 1 nitrogen and oxygen atoms in total. The van der Waals surface area contributed by atoms with Crippen LogP contribution in [0.25, 0.3) is 10.8 Å². The van der Waals surface area contributed by atoms with E-state index < -0.39 is 0 Å². The van der Waals surface area contributed by atoms with Crippen LogP contribution in [0, 0.1) is 0 Å². The maximum Gasteiger partial charge on any atom is 0.191 e. The molecule has 2 heteroatoms. The number of hydrogen-bond donors (Lipinski definition) is 0. The van der Waals surface area contributed by atoms with Crippen molar-refractivity contribution in [1.82, 2.24) is 0 Å². The second-order valence-electron chi connectivity index (χ2n) is 3.02. The molecule has 0 fully saturated rings. The zero-order valence-electron chi connectivity index (χ0n) is 7.86. The summed E-state index contributed by atoms with van der Waals surface area (Å²) in [6, 6.07) is 14.2. The molecule has 0 bridgehead atoms. The molecule has 2 aromatic carbocycles. The summed E-state index contributed by atoms with van der Waals surface area (Å²) in [5.74, 6) is 0. The Morgan fingerprint density at radius 3 is 2.57 bits per heavy atom. The molecule has 0 atom stereocenters. The number of methoxy groups -OCH3 is 1. The van der Waals surface area contributed by atoms with Gasteiger partial charge in [0.05, 0.1) is 7.11 Å². The molecule has 0 heterocycles. The van der Waals surface area contributed by atoms with E-state index in [1.807, 2.05) is 24.3 Å². The standard InChI is InChI=1S/C12H10OS/c1-13-12(14)11-8-4-6-9-5-2-3-7-10(9)11/h2-8H,1H3. The van der Waals surface area contributed by atoms with Gasteiger partial charge in [-0.1, -0.05) is 36.4 Å². The number of thiocarbonyl (C=S) groups is 1. The van der Waals surface area contributed by atoms with Crippen LogP contribution in [0.1, 0.15) is 5.56 Å². The van der Waals surface area contributed by atoms with Crippen molar-refractivity contribution in [3.05, 3.63) is 48.0 Å². The smallest absolute Gasteiger partial charge is 0.191 e. The third-order valence-corrected chi connectivity index (χ3v) is 2.58. The van der Waals surface area contributed by atoms with E-state index in [1.165, 1.54) is 5.39 Å². The van der Waals surface area contributed by atoms with Crippen molar-refractivity contribution in [3.63, 3.8) is 0 Å². The fourth-order valence-corrected chi connectivity index (χ4v) is 1.69. The first-order chi connectivity index (χ1) is 6.83. The normalized spacial score (nSPS) is 10.1. The number of hydrogen-bond acceptors (Lipinski definition) is 2. The highest BCUT2D eigenvalue weighted by molar-refractivity contribution is 7.80. The number of benzene rings is 2. The molecule has 14 heavy (non-hydrogen) atoms. The molecule has 0 aliphatic carbocycles. The third-order valence-electron chi connectivity index (χ3n) is 2.19. The van der Waals surface area contributed by atoms with E-state index in [2.05, 4.69) is 18.2 Å². The van der Waals surface area contributed by atoms with Crippen molar-refractivity contribution >= 4 is 28.0 Å². The van der Waals surface area contributed by atoms with E-state index >= 15 is 0 Å². The molecule has 0 radical (unpaired) electrons. The SMILES string of the molecule is COC(=S)c1cccc2ccccc12. The van der Waals surface area contributed by atoms with Gasteiger partial charge in [0.15, 0.2) is 5.05 Å². The minimum atomic E-state index is 0.543. The Kier molecular flexibility index (Phi) is 2.46. The summed E-state index contributed by atoms with van der Waals surface area (Å²) in [5, 5.41) is 2.87. The van der Waals surface area contributed by atoms with Crippen LogP contribution in [-0.2, 0) is 4.74 Å². The molecule has 70 valence electrons. The monoisotopic (exact) mass is 202 g/mol. The van der Waals surface area contributed by atoms with E-state index in [-0.39, 0.29) is 0 Å². The Morgan fingerprint density at radius 2 is 1.79 bits per heavy atom. The van der Waals surface area contributed by atoms with Crippen molar-refractivity contribution in [3.8, 4) is 0 Å². The molecule has 0 aromatic heterocycles. The summed E-state index contributed by atoms with van der Waals surface area (Å²) in [4.78, 5) is 0. The largest absolute Gasteiger partial charge is 0.486 e. The van der Waals surface area contributed by atoms with Gasteiger partial charge in [-0.05, 0) is 29.1 Å². The van der Waals surface area contributed by atoms with Gasteiger partial charge in [-0.3, -0.25) is 0 Å². The van der Waals surface area contributed by atoms with Gasteiger partial charge in [-0.2, -0.15) is 0 Å². The highest BCUT2D eigenvalue weighted by Crippen LogP contribution is 2.19. The van der Waals surface area contributed by atoms with Crippen LogP contribution in [0.2, 0.25) is 0 Å². The lowest BCUT2D eigenvalue weighted by molar-refractivity contribution is 0.416. The topological polar surface area (TPSA) is 9.23 Å². The summed E-state index contributed by atoms with van der Waals surface area (Å²) in [6.07, 6.45) is 0. The van der Waals surface area contributed by atoms with Crippen LogP contribution in [0.4, 0.5) is 0 Å². The van der Waals surface area contributed by atoms with E-state index in [9.17, 15) is 0 Å². The number of rotatable bonds is 1. The molecule has 0 aliphatic rings. The van der Waals surface area contributed by atoms with Crippen LogP contribution in [-0.4, -0.2) is 12.2 Å². The minimum absolute atomic E-state index is 0.543. The first kappa shape index (κ1) is 9.16. The zero-order valence-corrected chi connectivity index (χ0v) is 8.67. The van der Waals surface area contributed by atoms with Crippen LogP contribution < -0.4 is 0 Å². The third kappa shape index (κ3) is 1.49. The lowest BCUT2D eigenvalue weighted by Gasteiger charge is -2.06. The van der Waals surface area contributed by atoms with Gasteiger partial charge in [0.1, 0.15) is 0 Å². The summed E-state index contributed by atoms with van der Waals surface area (Å²) in [7, 11) is 1.60. The molecular weight excluding hydrogens is 192 g/mol.